The Labute approximate surface area is 196 Å². The molecule has 2 amide bonds. The molecule has 0 bridgehead atoms. The second kappa shape index (κ2) is 8.67. The van der Waals surface area contributed by atoms with E-state index in [-0.39, 0.29) is 18.3 Å². The molecule has 3 aromatic carbocycles. The predicted octanol–water partition coefficient (Wildman–Crippen LogP) is 4.19. The summed E-state index contributed by atoms with van der Waals surface area (Å²) in [6.45, 7) is 0.641. The lowest BCUT2D eigenvalue weighted by Gasteiger charge is -2.22. The molecule has 5 rings (SSSR count). The molecule has 0 atom stereocenters. The minimum atomic E-state index is -0.402. The van der Waals surface area contributed by atoms with E-state index in [2.05, 4.69) is 0 Å². The lowest BCUT2D eigenvalue weighted by atomic mass is 10.0. The van der Waals surface area contributed by atoms with Gasteiger partial charge in [0.25, 0.3) is 11.8 Å². The molecule has 172 valence electrons. The van der Waals surface area contributed by atoms with E-state index in [0.717, 1.165) is 17.7 Å². The monoisotopic (exact) mass is 458 g/mol. The number of rotatable bonds is 6. The number of anilines is 1. The van der Waals surface area contributed by atoms with Crippen molar-refractivity contribution in [3.8, 4) is 11.5 Å². The molecular weight excluding hydrogens is 435 g/mol. The second-order valence-corrected chi connectivity index (χ2v) is 8.15. The van der Waals surface area contributed by atoms with Gasteiger partial charge in [-0.3, -0.25) is 14.5 Å². The van der Waals surface area contributed by atoms with Crippen LogP contribution in [0.25, 0.3) is 5.57 Å². The van der Waals surface area contributed by atoms with Crippen LogP contribution in [-0.2, 0) is 22.6 Å². The number of amides is 2. The van der Waals surface area contributed by atoms with Crippen molar-refractivity contribution >= 4 is 23.1 Å². The summed E-state index contributed by atoms with van der Waals surface area (Å²) < 4.78 is 24.2. The summed E-state index contributed by atoms with van der Waals surface area (Å²) in [5, 5.41) is 0. The highest BCUT2D eigenvalue weighted by atomic mass is 19.1. The molecular formula is C27H23FN2O4. The van der Waals surface area contributed by atoms with Crippen molar-refractivity contribution in [2.45, 2.75) is 13.0 Å². The van der Waals surface area contributed by atoms with E-state index < -0.39 is 5.91 Å². The molecule has 0 unspecified atom stereocenters. The van der Waals surface area contributed by atoms with Crippen LogP contribution in [0, 0.1) is 5.82 Å². The summed E-state index contributed by atoms with van der Waals surface area (Å²) in [6, 6.07) is 18.9. The number of hydrogen-bond donors (Lipinski definition) is 0. The van der Waals surface area contributed by atoms with Gasteiger partial charge >= 0.3 is 0 Å². The van der Waals surface area contributed by atoms with Crippen LogP contribution in [0.5, 0.6) is 11.5 Å². The molecule has 0 spiro atoms. The number of imide groups is 1. The van der Waals surface area contributed by atoms with Gasteiger partial charge in [-0.05, 0) is 53.4 Å². The molecule has 0 aliphatic carbocycles. The Kier molecular flexibility index (Phi) is 5.53. The third-order valence-corrected chi connectivity index (χ3v) is 6.23. The minimum Gasteiger partial charge on any atom is -0.493 e. The van der Waals surface area contributed by atoms with E-state index in [1.165, 1.54) is 31.3 Å². The average molecular weight is 458 g/mol. The smallest absolute Gasteiger partial charge is 0.278 e. The molecule has 7 heteroatoms. The maximum absolute atomic E-state index is 13.7. The molecule has 0 fully saturated rings. The molecule has 2 aliphatic heterocycles. The Morgan fingerprint density at radius 2 is 1.62 bits per heavy atom. The number of nitrogens with zero attached hydrogens (tertiary/aromatic N) is 2. The summed E-state index contributed by atoms with van der Waals surface area (Å²) in [5.41, 5.74) is 3.92. The van der Waals surface area contributed by atoms with Crippen molar-refractivity contribution < 1.29 is 23.5 Å². The van der Waals surface area contributed by atoms with E-state index in [0.29, 0.717) is 40.4 Å². The zero-order chi connectivity index (χ0) is 23.8. The summed E-state index contributed by atoms with van der Waals surface area (Å²) >= 11 is 0. The van der Waals surface area contributed by atoms with Crippen LogP contribution in [-0.4, -0.2) is 37.5 Å². The molecule has 0 aromatic heterocycles. The van der Waals surface area contributed by atoms with Crippen LogP contribution < -0.4 is 14.4 Å². The topological polar surface area (TPSA) is 59.1 Å². The van der Waals surface area contributed by atoms with Gasteiger partial charge in [-0.2, -0.15) is 0 Å². The van der Waals surface area contributed by atoms with E-state index in [4.69, 9.17) is 9.47 Å². The zero-order valence-corrected chi connectivity index (χ0v) is 18.9. The first-order valence-corrected chi connectivity index (χ1v) is 10.9. The summed E-state index contributed by atoms with van der Waals surface area (Å²) in [7, 11) is 3.06. The molecule has 2 aliphatic rings. The average Bonchev–Trinajstić information content (AvgIpc) is 3.39. The number of fused-ring (bicyclic) bond motifs is 1. The van der Waals surface area contributed by atoms with Crippen molar-refractivity contribution in [3.63, 3.8) is 0 Å². The molecule has 0 N–H and O–H groups in total. The van der Waals surface area contributed by atoms with Crippen molar-refractivity contribution in [1.29, 1.82) is 0 Å². The molecule has 0 saturated carbocycles. The summed E-state index contributed by atoms with van der Waals surface area (Å²) in [4.78, 5) is 30.6. The van der Waals surface area contributed by atoms with E-state index >= 15 is 0 Å². The van der Waals surface area contributed by atoms with E-state index in [1.54, 1.807) is 30.3 Å². The largest absolute Gasteiger partial charge is 0.493 e. The van der Waals surface area contributed by atoms with Gasteiger partial charge in [-0.1, -0.05) is 36.4 Å². The Balaban J connectivity index is 1.62. The fraction of sp³-hybridized carbons (Fsp3) is 0.185. The first kappa shape index (κ1) is 21.7. The number of halogens is 1. The van der Waals surface area contributed by atoms with Gasteiger partial charge in [0.15, 0.2) is 11.5 Å². The molecule has 0 saturated heterocycles. The third kappa shape index (κ3) is 3.59. The third-order valence-electron chi connectivity index (χ3n) is 6.23. The SMILES string of the molecule is COc1ccc(C2=C(N3CCc4ccccc43)C(=O)N(Cc3ccc(F)cc3)C2=O)cc1OC. The lowest BCUT2D eigenvalue weighted by Crippen LogP contribution is -2.34. The maximum Gasteiger partial charge on any atom is 0.278 e. The number of para-hydroxylation sites is 1. The van der Waals surface area contributed by atoms with Gasteiger partial charge in [0.05, 0.1) is 26.3 Å². The normalized spacial score (nSPS) is 15.3. The van der Waals surface area contributed by atoms with Crippen LogP contribution in [0.3, 0.4) is 0 Å². The van der Waals surface area contributed by atoms with Gasteiger partial charge in [0, 0.05) is 12.2 Å². The van der Waals surface area contributed by atoms with Gasteiger partial charge in [0.2, 0.25) is 0 Å². The lowest BCUT2D eigenvalue weighted by molar-refractivity contribution is -0.137. The number of carbonyl (C=O) groups excluding carboxylic acids is 2. The number of ether oxygens (including phenoxy) is 2. The fourth-order valence-electron chi connectivity index (χ4n) is 4.55. The first-order valence-electron chi connectivity index (χ1n) is 10.9. The van der Waals surface area contributed by atoms with Crippen molar-refractivity contribution in [2.75, 3.05) is 25.7 Å². The molecule has 3 aromatic rings. The second-order valence-electron chi connectivity index (χ2n) is 8.15. The highest BCUT2D eigenvalue weighted by Crippen LogP contribution is 2.40. The van der Waals surface area contributed by atoms with Crippen LogP contribution in [0.4, 0.5) is 10.1 Å². The Morgan fingerprint density at radius 3 is 2.35 bits per heavy atom. The van der Waals surface area contributed by atoms with E-state index in [1.807, 2.05) is 29.2 Å². The van der Waals surface area contributed by atoms with Crippen LogP contribution in [0.1, 0.15) is 16.7 Å². The van der Waals surface area contributed by atoms with Gasteiger partial charge < -0.3 is 14.4 Å². The van der Waals surface area contributed by atoms with Gasteiger partial charge in [0.1, 0.15) is 11.5 Å². The fourth-order valence-corrected chi connectivity index (χ4v) is 4.55. The zero-order valence-electron chi connectivity index (χ0n) is 18.9. The molecule has 6 nitrogen and oxygen atoms in total. The van der Waals surface area contributed by atoms with Crippen LogP contribution in [0.15, 0.2) is 72.4 Å². The number of carbonyl (C=O) groups is 2. The Morgan fingerprint density at radius 1 is 0.882 bits per heavy atom. The Bertz CT molecular complexity index is 1320. The molecule has 0 radical (unpaired) electrons. The van der Waals surface area contributed by atoms with Crippen molar-refractivity contribution in [3.05, 3.63) is 94.9 Å². The maximum atomic E-state index is 13.7. The quantitative estimate of drug-likeness (QED) is 0.519. The van der Waals surface area contributed by atoms with Gasteiger partial charge in [-0.25, -0.2) is 4.39 Å². The predicted molar refractivity (Wildman–Crippen MR) is 126 cm³/mol. The number of methoxy groups -OCH3 is 2. The number of benzene rings is 3. The van der Waals surface area contributed by atoms with Crippen LogP contribution in [0.2, 0.25) is 0 Å². The first-order chi connectivity index (χ1) is 16.5. The summed E-state index contributed by atoms with van der Waals surface area (Å²) in [6.07, 6.45) is 0.776. The highest BCUT2D eigenvalue weighted by Gasteiger charge is 2.43. The molecule has 34 heavy (non-hydrogen) atoms. The highest BCUT2D eigenvalue weighted by molar-refractivity contribution is 6.36. The van der Waals surface area contributed by atoms with E-state index in [9.17, 15) is 14.0 Å². The van der Waals surface area contributed by atoms with Crippen molar-refractivity contribution in [2.24, 2.45) is 0 Å². The number of hydrogen-bond acceptors (Lipinski definition) is 5. The standard InChI is InChI=1S/C27H23FN2O4/c1-33-22-12-9-19(15-23(22)34-2)24-25(29-14-13-18-5-3-4-6-21(18)29)27(32)30(26(24)31)16-17-7-10-20(28)11-8-17/h3-12,15H,13-14,16H2,1-2H3. The van der Waals surface area contributed by atoms with Gasteiger partial charge in [-0.15, -0.1) is 0 Å². The van der Waals surface area contributed by atoms with Crippen molar-refractivity contribution in [1.82, 2.24) is 4.90 Å². The minimum absolute atomic E-state index is 0.0493. The summed E-state index contributed by atoms with van der Waals surface area (Å²) in [5.74, 6) is -0.163. The molecule has 2 heterocycles. The Hall–Kier alpha value is -4.13. The van der Waals surface area contributed by atoms with Crippen LogP contribution >= 0.6 is 0 Å².